The van der Waals surface area contributed by atoms with Crippen molar-refractivity contribution in [1.82, 2.24) is 10.5 Å². The SMILES string of the molecule is CNCc1cc(COc2ccc(OC)cc2Br)on1. The Morgan fingerprint density at radius 3 is 2.89 bits per heavy atom. The largest absolute Gasteiger partial charge is 0.497 e. The number of aromatic nitrogens is 1. The van der Waals surface area contributed by atoms with Gasteiger partial charge in [0.2, 0.25) is 0 Å². The van der Waals surface area contributed by atoms with E-state index in [-0.39, 0.29) is 0 Å². The van der Waals surface area contributed by atoms with Crippen molar-refractivity contribution < 1.29 is 14.0 Å². The molecule has 6 heteroatoms. The van der Waals surface area contributed by atoms with Gasteiger partial charge in [0.15, 0.2) is 5.76 Å². The number of hydrogen-bond donors (Lipinski definition) is 1. The summed E-state index contributed by atoms with van der Waals surface area (Å²) in [6.07, 6.45) is 0. The van der Waals surface area contributed by atoms with Gasteiger partial charge in [-0.1, -0.05) is 5.16 Å². The van der Waals surface area contributed by atoms with E-state index in [0.717, 1.165) is 21.7 Å². The molecule has 0 unspecified atom stereocenters. The number of benzene rings is 1. The fourth-order valence-electron chi connectivity index (χ4n) is 1.56. The number of rotatable bonds is 6. The van der Waals surface area contributed by atoms with E-state index in [1.54, 1.807) is 7.11 Å². The second kappa shape index (κ2) is 6.58. The van der Waals surface area contributed by atoms with Gasteiger partial charge in [0.25, 0.3) is 0 Å². The van der Waals surface area contributed by atoms with Gasteiger partial charge in [-0.3, -0.25) is 0 Å². The zero-order valence-electron chi connectivity index (χ0n) is 10.8. The molecule has 1 heterocycles. The number of methoxy groups -OCH3 is 1. The molecular formula is C13H15BrN2O3. The van der Waals surface area contributed by atoms with E-state index in [4.69, 9.17) is 14.0 Å². The summed E-state index contributed by atoms with van der Waals surface area (Å²) in [6, 6.07) is 7.40. The van der Waals surface area contributed by atoms with Crippen molar-refractivity contribution >= 4 is 15.9 Å². The molecule has 0 spiro atoms. The molecule has 102 valence electrons. The molecule has 2 rings (SSSR count). The topological polar surface area (TPSA) is 56.5 Å². The van der Waals surface area contributed by atoms with Crippen LogP contribution in [0.5, 0.6) is 11.5 Å². The molecule has 0 radical (unpaired) electrons. The number of nitrogens with one attached hydrogen (secondary N) is 1. The molecule has 19 heavy (non-hydrogen) atoms. The van der Waals surface area contributed by atoms with E-state index >= 15 is 0 Å². The van der Waals surface area contributed by atoms with Crippen LogP contribution in [0.3, 0.4) is 0 Å². The fourth-order valence-corrected chi connectivity index (χ4v) is 2.03. The Bertz CT molecular complexity index is 542. The normalized spacial score (nSPS) is 10.5. The lowest BCUT2D eigenvalue weighted by Gasteiger charge is -2.07. The summed E-state index contributed by atoms with van der Waals surface area (Å²) in [5.41, 5.74) is 0.856. The van der Waals surface area contributed by atoms with Gasteiger partial charge in [0.05, 0.1) is 17.3 Å². The predicted molar refractivity (Wildman–Crippen MR) is 74.3 cm³/mol. The highest BCUT2D eigenvalue weighted by atomic mass is 79.9. The van der Waals surface area contributed by atoms with Crippen molar-refractivity contribution in [2.24, 2.45) is 0 Å². The Kier molecular flexibility index (Phi) is 4.81. The smallest absolute Gasteiger partial charge is 0.174 e. The zero-order chi connectivity index (χ0) is 13.7. The summed E-state index contributed by atoms with van der Waals surface area (Å²) >= 11 is 3.43. The lowest BCUT2D eigenvalue weighted by atomic mass is 10.3. The molecule has 1 N–H and O–H groups in total. The highest BCUT2D eigenvalue weighted by Gasteiger charge is 2.07. The summed E-state index contributed by atoms with van der Waals surface area (Å²) in [5, 5.41) is 6.93. The van der Waals surface area contributed by atoms with Crippen LogP contribution in [0, 0.1) is 0 Å². The van der Waals surface area contributed by atoms with E-state index in [2.05, 4.69) is 26.4 Å². The highest BCUT2D eigenvalue weighted by Crippen LogP contribution is 2.29. The Morgan fingerprint density at radius 2 is 2.21 bits per heavy atom. The molecule has 0 aliphatic carbocycles. The van der Waals surface area contributed by atoms with Crippen LogP contribution in [0.25, 0.3) is 0 Å². The molecule has 5 nitrogen and oxygen atoms in total. The Hall–Kier alpha value is -1.53. The van der Waals surface area contributed by atoms with Crippen LogP contribution in [0.4, 0.5) is 0 Å². The van der Waals surface area contributed by atoms with Gasteiger partial charge in [-0.2, -0.15) is 0 Å². The van der Waals surface area contributed by atoms with Crippen LogP contribution in [0.15, 0.2) is 33.3 Å². The average Bonchev–Trinajstić information content (AvgIpc) is 2.85. The van der Waals surface area contributed by atoms with Crippen molar-refractivity contribution in [3.63, 3.8) is 0 Å². The van der Waals surface area contributed by atoms with E-state index in [9.17, 15) is 0 Å². The van der Waals surface area contributed by atoms with Crippen molar-refractivity contribution in [1.29, 1.82) is 0 Å². The van der Waals surface area contributed by atoms with Crippen LogP contribution < -0.4 is 14.8 Å². The molecule has 0 aliphatic rings. The van der Waals surface area contributed by atoms with Crippen molar-refractivity contribution in [2.45, 2.75) is 13.2 Å². The number of hydrogen-bond acceptors (Lipinski definition) is 5. The monoisotopic (exact) mass is 326 g/mol. The first kappa shape index (κ1) is 13.9. The average molecular weight is 327 g/mol. The highest BCUT2D eigenvalue weighted by molar-refractivity contribution is 9.10. The first-order valence-corrected chi connectivity index (χ1v) is 6.57. The van der Waals surface area contributed by atoms with Gasteiger partial charge in [-0.25, -0.2) is 0 Å². The van der Waals surface area contributed by atoms with Crippen LogP contribution in [0.2, 0.25) is 0 Å². The molecule has 0 aliphatic heterocycles. The van der Waals surface area contributed by atoms with Crippen LogP contribution in [-0.2, 0) is 13.2 Å². The summed E-state index contributed by atoms with van der Waals surface area (Å²) < 4.78 is 16.8. The Morgan fingerprint density at radius 1 is 1.37 bits per heavy atom. The van der Waals surface area contributed by atoms with Gasteiger partial charge in [-0.15, -0.1) is 0 Å². The predicted octanol–water partition coefficient (Wildman–Crippen LogP) is 2.74. The minimum absolute atomic E-state index is 0.335. The third-order valence-corrected chi connectivity index (χ3v) is 3.09. The molecule has 0 amide bonds. The summed E-state index contributed by atoms with van der Waals surface area (Å²) in [7, 11) is 3.49. The first-order chi connectivity index (χ1) is 9.22. The molecule has 0 bridgehead atoms. The Balaban J connectivity index is 1.97. The van der Waals surface area contributed by atoms with Crippen LogP contribution in [0.1, 0.15) is 11.5 Å². The minimum Gasteiger partial charge on any atom is -0.497 e. The lowest BCUT2D eigenvalue weighted by molar-refractivity contribution is 0.247. The first-order valence-electron chi connectivity index (χ1n) is 5.78. The molecule has 1 aromatic heterocycles. The van der Waals surface area contributed by atoms with E-state index in [1.165, 1.54) is 0 Å². The maximum Gasteiger partial charge on any atom is 0.174 e. The lowest BCUT2D eigenvalue weighted by Crippen LogP contribution is -2.04. The van der Waals surface area contributed by atoms with Gasteiger partial charge in [0.1, 0.15) is 18.1 Å². The van der Waals surface area contributed by atoms with Crippen LogP contribution in [-0.4, -0.2) is 19.3 Å². The van der Waals surface area contributed by atoms with Crippen molar-refractivity contribution in [2.75, 3.05) is 14.2 Å². The summed E-state index contributed by atoms with van der Waals surface area (Å²) in [5.74, 6) is 2.19. The number of nitrogens with zero attached hydrogens (tertiary/aromatic N) is 1. The van der Waals surface area contributed by atoms with Gasteiger partial charge in [0, 0.05) is 12.6 Å². The molecule has 0 saturated heterocycles. The maximum atomic E-state index is 5.66. The molecule has 0 fully saturated rings. The van der Waals surface area contributed by atoms with Crippen molar-refractivity contribution in [3.8, 4) is 11.5 Å². The number of halogens is 1. The molecular weight excluding hydrogens is 312 g/mol. The van der Waals surface area contributed by atoms with Gasteiger partial charge >= 0.3 is 0 Å². The molecule has 1 aromatic carbocycles. The molecule has 0 saturated carbocycles. The Labute approximate surface area is 120 Å². The summed E-state index contributed by atoms with van der Waals surface area (Å²) in [6.45, 7) is 1.01. The summed E-state index contributed by atoms with van der Waals surface area (Å²) in [4.78, 5) is 0. The fraction of sp³-hybridized carbons (Fsp3) is 0.308. The number of ether oxygens (including phenoxy) is 2. The van der Waals surface area contributed by atoms with Crippen molar-refractivity contribution in [3.05, 3.63) is 40.2 Å². The molecule has 0 atom stereocenters. The second-order valence-corrected chi connectivity index (χ2v) is 4.75. The van der Waals surface area contributed by atoms with E-state index in [1.807, 2.05) is 31.3 Å². The third kappa shape index (κ3) is 3.71. The zero-order valence-corrected chi connectivity index (χ0v) is 12.4. The van der Waals surface area contributed by atoms with Gasteiger partial charge in [-0.05, 0) is 41.2 Å². The second-order valence-electron chi connectivity index (χ2n) is 3.90. The third-order valence-electron chi connectivity index (χ3n) is 2.47. The molecule has 2 aromatic rings. The van der Waals surface area contributed by atoms with E-state index < -0.39 is 0 Å². The van der Waals surface area contributed by atoms with E-state index in [0.29, 0.717) is 18.9 Å². The quantitative estimate of drug-likeness (QED) is 0.884. The maximum absolute atomic E-state index is 5.66. The standard InChI is InChI=1S/C13H15BrN2O3/c1-15-7-9-5-11(19-16-9)8-18-13-4-3-10(17-2)6-12(13)14/h3-6,15H,7-8H2,1-2H3. The minimum atomic E-state index is 0.335. The van der Waals surface area contributed by atoms with Gasteiger partial charge < -0.3 is 19.3 Å². The van der Waals surface area contributed by atoms with Crippen LogP contribution >= 0.6 is 15.9 Å².